The standard InChI is InChI=1S/C7H6F2NO/c8-7(9)11-6-4-2-1-3-5(6)10/h1-4,7,10H/q-1. The number of halogens is 2. The zero-order valence-corrected chi connectivity index (χ0v) is 5.55. The van der Waals surface area contributed by atoms with Gasteiger partial charge in [-0.05, 0) is 6.07 Å². The quantitative estimate of drug-likeness (QED) is 0.651. The molecule has 0 bridgehead atoms. The van der Waals surface area contributed by atoms with Crippen LogP contribution in [0.2, 0.25) is 0 Å². The van der Waals surface area contributed by atoms with Crippen molar-refractivity contribution in [3.8, 4) is 5.75 Å². The van der Waals surface area contributed by atoms with Crippen molar-refractivity contribution in [2.75, 3.05) is 0 Å². The molecular weight excluding hydrogens is 152 g/mol. The molecule has 1 aromatic carbocycles. The van der Waals surface area contributed by atoms with Gasteiger partial charge in [-0.25, -0.2) is 0 Å². The van der Waals surface area contributed by atoms with Crippen molar-refractivity contribution in [1.29, 1.82) is 0 Å². The van der Waals surface area contributed by atoms with Gasteiger partial charge in [0.1, 0.15) is 5.75 Å². The summed E-state index contributed by atoms with van der Waals surface area (Å²) in [4.78, 5) is 0. The largest absolute Gasteiger partial charge is 0.696 e. The molecule has 0 saturated carbocycles. The highest BCUT2D eigenvalue weighted by Gasteiger charge is 2.02. The van der Waals surface area contributed by atoms with Crippen LogP contribution in [0.25, 0.3) is 5.73 Å². The molecule has 1 N–H and O–H groups in total. The number of hydrogen-bond donors (Lipinski definition) is 0. The monoisotopic (exact) mass is 158 g/mol. The van der Waals surface area contributed by atoms with E-state index in [9.17, 15) is 8.78 Å². The van der Waals surface area contributed by atoms with Crippen molar-refractivity contribution < 1.29 is 13.5 Å². The summed E-state index contributed by atoms with van der Waals surface area (Å²) in [7, 11) is 0. The molecule has 11 heavy (non-hydrogen) atoms. The van der Waals surface area contributed by atoms with Crippen LogP contribution in [0.15, 0.2) is 24.3 Å². The third kappa shape index (κ3) is 2.07. The Morgan fingerprint density at radius 1 is 1.27 bits per heavy atom. The molecule has 0 radical (unpaired) electrons. The Labute approximate surface area is 62.6 Å². The fourth-order valence-electron chi connectivity index (χ4n) is 0.665. The van der Waals surface area contributed by atoms with Crippen LogP contribution in [-0.4, -0.2) is 6.61 Å². The van der Waals surface area contributed by atoms with E-state index in [0.717, 1.165) is 0 Å². The first-order chi connectivity index (χ1) is 5.20. The second-order valence-electron chi connectivity index (χ2n) is 1.87. The van der Waals surface area contributed by atoms with Crippen LogP contribution in [0.1, 0.15) is 0 Å². The lowest BCUT2D eigenvalue weighted by molar-refractivity contribution is -0.0492. The molecule has 1 rings (SSSR count). The number of nitrogens with one attached hydrogen (secondary N) is 1. The summed E-state index contributed by atoms with van der Waals surface area (Å²) in [6, 6.07) is 5.84. The van der Waals surface area contributed by atoms with Crippen LogP contribution in [0, 0.1) is 0 Å². The molecule has 0 atom stereocenters. The van der Waals surface area contributed by atoms with Gasteiger partial charge in [0.2, 0.25) is 0 Å². The SMILES string of the molecule is [NH-]c1ccccc1OC(F)F. The van der Waals surface area contributed by atoms with Crippen LogP contribution in [0.3, 0.4) is 0 Å². The van der Waals surface area contributed by atoms with E-state index in [1.54, 1.807) is 6.07 Å². The number of alkyl halides is 2. The minimum atomic E-state index is -2.86. The summed E-state index contributed by atoms with van der Waals surface area (Å²) in [5.41, 5.74) is 7.07. The predicted octanol–water partition coefficient (Wildman–Crippen LogP) is 2.97. The summed E-state index contributed by atoms with van der Waals surface area (Å²) >= 11 is 0. The number of para-hydroxylation sites is 1. The fourth-order valence-corrected chi connectivity index (χ4v) is 0.665. The van der Waals surface area contributed by atoms with Gasteiger partial charge in [-0.2, -0.15) is 8.78 Å². The van der Waals surface area contributed by atoms with Gasteiger partial charge in [0.05, 0.1) is 0 Å². The summed E-state index contributed by atoms with van der Waals surface area (Å²) < 4.78 is 27.2. The van der Waals surface area contributed by atoms with Gasteiger partial charge in [-0.1, -0.05) is 23.9 Å². The van der Waals surface area contributed by atoms with E-state index in [2.05, 4.69) is 4.74 Å². The summed E-state index contributed by atoms with van der Waals surface area (Å²) in [5.74, 6) is -0.0949. The Kier molecular flexibility index (Phi) is 2.25. The van der Waals surface area contributed by atoms with E-state index in [1.165, 1.54) is 18.2 Å². The zero-order chi connectivity index (χ0) is 8.27. The molecule has 4 heteroatoms. The third-order valence-corrected chi connectivity index (χ3v) is 1.10. The van der Waals surface area contributed by atoms with E-state index in [0.29, 0.717) is 0 Å². The van der Waals surface area contributed by atoms with Crippen LogP contribution in [-0.2, 0) is 0 Å². The number of rotatable bonds is 2. The average Bonchev–Trinajstić information content (AvgIpc) is 1.93. The Bertz CT molecular complexity index is 240. The molecule has 0 spiro atoms. The molecule has 0 aliphatic carbocycles. The molecule has 0 heterocycles. The molecule has 0 fully saturated rings. The van der Waals surface area contributed by atoms with Crippen LogP contribution in [0.5, 0.6) is 5.75 Å². The smallest absolute Gasteiger partial charge is 0.387 e. The highest BCUT2D eigenvalue weighted by molar-refractivity contribution is 5.55. The van der Waals surface area contributed by atoms with Gasteiger partial charge < -0.3 is 10.5 Å². The second kappa shape index (κ2) is 3.18. The summed E-state index contributed by atoms with van der Waals surface area (Å²) in [6.45, 7) is -2.86. The highest BCUT2D eigenvalue weighted by Crippen LogP contribution is 2.26. The normalized spacial score (nSPS) is 10.1. The number of ether oxygens (including phenoxy) is 1. The number of benzene rings is 1. The molecule has 0 amide bonds. The molecule has 0 aromatic heterocycles. The van der Waals surface area contributed by atoms with Gasteiger partial charge in [-0.15, -0.1) is 0 Å². The van der Waals surface area contributed by atoms with E-state index in [1.807, 2.05) is 0 Å². The van der Waals surface area contributed by atoms with Crippen molar-refractivity contribution in [3.63, 3.8) is 0 Å². The van der Waals surface area contributed by atoms with Gasteiger partial charge in [0.15, 0.2) is 0 Å². The van der Waals surface area contributed by atoms with Crippen LogP contribution in [0.4, 0.5) is 14.5 Å². The Morgan fingerprint density at radius 3 is 2.45 bits per heavy atom. The van der Waals surface area contributed by atoms with Crippen molar-refractivity contribution in [2.45, 2.75) is 6.61 Å². The molecule has 60 valence electrons. The minimum Gasteiger partial charge on any atom is -0.696 e. The van der Waals surface area contributed by atoms with Crippen molar-refractivity contribution >= 4 is 5.69 Å². The van der Waals surface area contributed by atoms with E-state index in [4.69, 9.17) is 5.73 Å². The molecular formula is C7H6F2NO-. The van der Waals surface area contributed by atoms with Crippen molar-refractivity contribution in [1.82, 2.24) is 0 Å². The Hall–Kier alpha value is -1.32. The lowest BCUT2D eigenvalue weighted by Gasteiger charge is -2.11. The van der Waals surface area contributed by atoms with Crippen LogP contribution < -0.4 is 4.74 Å². The lowest BCUT2D eigenvalue weighted by atomic mass is 10.3. The summed E-state index contributed by atoms with van der Waals surface area (Å²) in [6.07, 6.45) is 0. The lowest BCUT2D eigenvalue weighted by Crippen LogP contribution is -2.01. The first-order valence-corrected chi connectivity index (χ1v) is 2.95. The van der Waals surface area contributed by atoms with Gasteiger partial charge in [0, 0.05) is 0 Å². The topological polar surface area (TPSA) is 33.0 Å². The highest BCUT2D eigenvalue weighted by atomic mass is 19.3. The second-order valence-corrected chi connectivity index (χ2v) is 1.87. The van der Waals surface area contributed by atoms with Crippen molar-refractivity contribution in [2.24, 2.45) is 0 Å². The fraction of sp³-hybridized carbons (Fsp3) is 0.143. The minimum absolute atomic E-state index is 0.0344. The third-order valence-electron chi connectivity index (χ3n) is 1.10. The predicted molar refractivity (Wildman–Crippen MR) is 37.1 cm³/mol. The van der Waals surface area contributed by atoms with Gasteiger partial charge in [-0.3, -0.25) is 0 Å². The molecule has 0 aliphatic heterocycles. The first kappa shape index (κ1) is 7.78. The average molecular weight is 158 g/mol. The maximum Gasteiger partial charge on any atom is 0.387 e. The maximum absolute atomic E-state index is 11.6. The molecule has 0 unspecified atom stereocenters. The number of hydrogen-bond acceptors (Lipinski definition) is 1. The molecule has 0 saturated heterocycles. The first-order valence-electron chi connectivity index (χ1n) is 2.95. The van der Waals surface area contributed by atoms with Crippen molar-refractivity contribution in [3.05, 3.63) is 30.0 Å². The molecule has 1 aromatic rings. The van der Waals surface area contributed by atoms with Gasteiger partial charge >= 0.3 is 6.61 Å². The Balaban J connectivity index is 2.78. The molecule has 0 aliphatic rings. The molecule has 2 nitrogen and oxygen atoms in total. The van der Waals surface area contributed by atoms with E-state index >= 15 is 0 Å². The Morgan fingerprint density at radius 2 is 1.91 bits per heavy atom. The summed E-state index contributed by atoms with van der Waals surface area (Å²) in [5, 5.41) is 0. The van der Waals surface area contributed by atoms with Gasteiger partial charge in [0.25, 0.3) is 0 Å². The van der Waals surface area contributed by atoms with E-state index in [-0.39, 0.29) is 11.4 Å². The maximum atomic E-state index is 11.6. The van der Waals surface area contributed by atoms with E-state index < -0.39 is 6.61 Å². The van der Waals surface area contributed by atoms with Crippen LogP contribution >= 0.6 is 0 Å². The zero-order valence-electron chi connectivity index (χ0n) is 5.55.